The summed E-state index contributed by atoms with van der Waals surface area (Å²) in [4.78, 5) is 14.9. The zero-order valence-corrected chi connectivity index (χ0v) is 18.3. The first-order chi connectivity index (χ1) is 14.9. The Labute approximate surface area is 180 Å². The lowest BCUT2D eigenvalue weighted by Gasteiger charge is -2.43. The largest absolute Gasteiger partial charge is 0.388 e. The summed E-state index contributed by atoms with van der Waals surface area (Å²) in [6, 6.07) is 5.83. The Bertz CT molecular complexity index is 1240. The van der Waals surface area contributed by atoms with E-state index >= 15 is 0 Å². The minimum atomic E-state index is -0.832. The molecule has 4 aromatic rings. The SMILES string of the molecule is Cc1noc2cc(-c3c[nH]c4ncccc34)nc(N3CCN[C@H]([C@](C)(O)C(C)C)C3)c12. The molecule has 0 unspecified atom stereocenters. The highest BCUT2D eigenvalue weighted by Crippen LogP contribution is 2.35. The summed E-state index contributed by atoms with van der Waals surface area (Å²) < 4.78 is 5.66. The van der Waals surface area contributed by atoms with Crippen molar-refractivity contribution in [1.29, 1.82) is 0 Å². The molecule has 8 heteroatoms. The van der Waals surface area contributed by atoms with Crippen molar-refractivity contribution in [2.75, 3.05) is 24.5 Å². The van der Waals surface area contributed by atoms with Crippen molar-refractivity contribution < 1.29 is 9.63 Å². The molecule has 1 aliphatic rings. The highest BCUT2D eigenvalue weighted by molar-refractivity contribution is 5.98. The number of anilines is 1. The number of nitrogens with zero attached hydrogens (tertiary/aromatic N) is 4. The van der Waals surface area contributed by atoms with Gasteiger partial charge in [0.2, 0.25) is 0 Å². The standard InChI is InChI=1S/C23H28N6O2/c1-13(2)23(4,30)19-12-29(9-8-24-19)22-20-14(3)28-31-18(20)10-17(27-22)16-11-26-21-15(16)6-5-7-25-21/h5-7,10-11,13,19,24,30H,8-9,12H2,1-4H3,(H,25,26)/t19-,23+/m0/s1. The fourth-order valence-electron chi connectivity index (χ4n) is 4.35. The van der Waals surface area contributed by atoms with E-state index in [0.29, 0.717) is 12.1 Å². The van der Waals surface area contributed by atoms with Crippen LogP contribution in [0, 0.1) is 12.8 Å². The van der Waals surface area contributed by atoms with Crippen LogP contribution in [0.3, 0.4) is 0 Å². The highest BCUT2D eigenvalue weighted by Gasteiger charge is 2.38. The van der Waals surface area contributed by atoms with Crippen molar-refractivity contribution in [3.8, 4) is 11.3 Å². The summed E-state index contributed by atoms with van der Waals surface area (Å²) in [7, 11) is 0. The molecule has 1 fully saturated rings. The predicted octanol–water partition coefficient (Wildman–Crippen LogP) is 3.26. The fraction of sp³-hybridized carbons (Fsp3) is 0.435. The number of pyridine rings is 2. The molecule has 0 aliphatic carbocycles. The Hall–Kier alpha value is -2.97. The molecule has 5 heterocycles. The van der Waals surface area contributed by atoms with E-state index < -0.39 is 5.60 Å². The summed E-state index contributed by atoms with van der Waals surface area (Å²) in [6.07, 6.45) is 3.70. The summed E-state index contributed by atoms with van der Waals surface area (Å²) in [5, 5.41) is 20.7. The van der Waals surface area contributed by atoms with Crippen LogP contribution in [-0.4, -0.2) is 56.5 Å². The first-order valence-corrected chi connectivity index (χ1v) is 10.8. The van der Waals surface area contributed by atoms with Crippen LogP contribution in [0.5, 0.6) is 0 Å². The van der Waals surface area contributed by atoms with Crippen LogP contribution in [0.2, 0.25) is 0 Å². The van der Waals surface area contributed by atoms with E-state index in [4.69, 9.17) is 9.51 Å². The van der Waals surface area contributed by atoms with Gasteiger partial charge in [-0.05, 0) is 31.9 Å². The third kappa shape index (κ3) is 3.26. The average Bonchev–Trinajstić information content (AvgIpc) is 3.37. The van der Waals surface area contributed by atoms with Crippen LogP contribution < -0.4 is 10.2 Å². The Morgan fingerprint density at radius 1 is 1.35 bits per heavy atom. The maximum Gasteiger partial charge on any atom is 0.173 e. The molecule has 5 rings (SSSR count). The molecule has 0 bridgehead atoms. The van der Waals surface area contributed by atoms with Gasteiger partial charge in [0.25, 0.3) is 0 Å². The molecule has 31 heavy (non-hydrogen) atoms. The first kappa shape index (κ1) is 20.0. The maximum atomic E-state index is 11.1. The first-order valence-electron chi connectivity index (χ1n) is 10.8. The summed E-state index contributed by atoms with van der Waals surface area (Å²) in [5.74, 6) is 0.968. The van der Waals surface area contributed by atoms with Crippen molar-refractivity contribution in [2.45, 2.75) is 39.3 Å². The van der Waals surface area contributed by atoms with Gasteiger partial charge in [-0.3, -0.25) is 0 Å². The molecule has 0 aromatic carbocycles. The zero-order valence-electron chi connectivity index (χ0n) is 18.3. The monoisotopic (exact) mass is 420 g/mol. The van der Waals surface area contributed by atoms with Crippen molar-refractivity contribution >= 4 is 27.8 Å². The van der Waals surface area contributed by atoms with Gasteiger partial charge in [0.1, 0.15) is 11.5 Å². The van der Waals surface area contributed by atoms with E-state index in [0.717, 1.165) is 52.3 Å². The minimum absolute atomic E-state index is 0.0702. The van der Waals surface area contributed by atoms with Crippen LogP contribution >= 0.6 is 0 Å². The van der Waals surface area contributed by atoms with E-state index in [-0.39, 0.29) is 12.0 Å². The molecular formula is C23H28N6O2. The fourth-order valence-corrected chi connectivity index (χ4v) is 4.35. The second-order valence-corrected chi connectivity index (χ2v) is 8.91. The molecule has 0 spiro atoms. The number of hydrogen-bond donors (Lipinski definition) is 3. The van der Waals surface area contributed by atoms with Gasteiger partial charge in [-0.15, -0.1) is 0 Å². The molecule has 0 amide bonds. The molecule has 2 atom stereocenters. The number of rotatable bonds is 4. The third-order valence-electron chi connectivity index (χ3n) is 6.68. The number of aliphatic hydroxyl groups is 1. The van der Waals surface area contributed by atoms with Gasteiger partial charge in [0.05, 0.1) is 28.4 Å². The molecular weight excluding hydrogens is 392 g/mol. The number of aryl methyl sites for hydroxylation is 1. The van der Waals surface area contributed by atoms with Gasteiger partial charge in [-0.25, -0.2) is 9.97 Å². The van der Waals surface area contributed by atoms with Gasteiger partial charge < -0.3 is 24.8 Å². The maximum absolute atomic E-state index is 11.1. The number of piperazine rings is 1. The third-order valence-corrected chi connectivity index (χ3v) is 6.68. The van der Waals surface area contributed by atoms with E-state index in [1.165, 1.54) is 0 Å². The Balaban J connectivity index is 1.62. The number of H-pyrrole nitrogens is 1. The number of hydrogen-bond acceptors (Lipinski definition) is 7. The molecule has 3 N–H and O–H groups in total. The van der Waals surface area contributed by atoms with Crippen LogP contribution in [0.1, 0.15) is 26.5 Å². The van der Waals surface area contributed by atoms with Crippen LogP contribution in [0.4, 0.5) is 5.82 Å². The van der Waals surface area contributed by atoms with Gasteiger partial charge in [0.15, 0.2) is 5.58 Å². The summed E-state index contributed by atoms with van der Waals surface area (Å²) in [5.41, 5.74) is 3.30. The Morgan fingerprint density at radius 3 is 3.00 bits per heavy atom. The van der Waals surface area contributed by atoms with Crippen molar-refractivity contribution in [2.24, 2.45) is 5.92 Å². The summed E-state index contributed by atoms with van der Waals surface area (Å²) in [6.45, 7) is 10.1. The summed E-state index contributed by atoms with van der Waals surface area (Å²) >= 11 is 0. The van der Waals surface area contributed by atoms with E-state index in [1.54, 1.807) is 6.20 Å². The Kier molecular flexibility index (Phi) is 4.71. The second kappa shape index (κ2) is 7.32. The number of aromatic nitrogens is 4. The van der Waals surface area contributed by atoms with E-state index in [1.807, 2.05) is 52.1 Å². The van der Waals surface area contributed by atoms with Gasteiger partial charge in [0, 0.05) is 49.0 Å². The predicted molar refractivity (Wildman–Crippen MR) is 121 cm³/mol. The zero-order chi connectivity index (χ0) is 21.8. The number of fused-ring (bicyclic) bond motifs is 2. The van der Waals surface area contributed by atoms with Crippen molar-refractivity contribution in [1.82, 2.24) is 25.4 Å². The minimum Gasteiger partial charge on any atom is -0.388 e. The lowest BCUT2D eigenvalue weighted by atomic mass is 9.84. The quantitative estimate of drug-likeness (QED) is 0.466. The lowest BCUT2D eigenvalue weighted by Crippen LogP contribution is -2.62. The van der Waals surface area contributed by atoms with E-state index in [2.05, 4.69) is 25.3 Å². The molecule has 0 saturated carbocycles. The molecule has 1 saturated heterocycles. The van der Waals surface area contributed by atoms with E-state index in [9.17, 15) is 5.11 Å². The second-order valence-electron chi connectivity index (χ2n) is 8.91. The van der Waals surface area contributed by atoms with Crippen molar-refractivity contribution in [3.63, 3.8) is 0 Å². The molecule has 0 radical (unpaired) electrons. The van der Waals surface area contributed by atoms with Gasteiger partial charge in [-0.1, -0.05) is 19.0 Å². The smallest absolute Gasteiger partial charge is 0.173 e. The topological polar surface area (TPSA) is 103 Å². The Morgan fingerprint density at radius 2 is 2.19 bits per heavy atom. The molecule has 162 valence electrons. The van der Waals surface area contributed by atoms with Crippen LogP contribution in [0.15, 0.2) is 35.1 Å². The van der Waals surface area contributed by atoms with Gasteiger partial charge in [-0.2, -0.15) is 0 Å². The van der Waals surface area contributed by atoms with Crippen LogP contribution in [0.25, 0.3) is 33.3 Å². The van der Waals surface area contributed by atoms with Crippen molar-refractivity contribution in [3.05, 3.63) is 36.3 Å². The van der Waals surface area contributed by atoms with Gasteiger partial charge >= 0.3 is 0 Å². The number of nitrogens with one attached hydrogen (secondary N) is 2. The normalized spacial score (nSPS) is 19.4. The lowest BCUT2D eigenvalue weighted by molar-refractivity contribution is -0.0231. The van der Waals surface area contributed by atoms with Crippen LogP contribution in [-0.2, 0) is 0 Å². The molecule has 4 aromatic heterocycles. The number of aromatic amines is 1. The highest BCUT2D eigenvalue weighted by atomic mass is 16.5. The molecule has 8 nitrogen and oxygen atoms in total. The average molecular weight is 421 g/mol. The molecule has 1 aliphatic heterocycles.